The van der Waals surface area contributed by atoms with E-state index in [-0.39, 0.29) is 16.7 Å². The van der Waals surface area contributed by atoms with Crippen molar-refractivity contribution in [1.82, 2.24) is 0 Å². The van der Waals surface area contributed by atoms with Crippen LogP contribution in [0.2, 0.25) is 0 Å². The van der Waals surface area contributed by atoms with Gasteiger partial charge in [-0.1, -0.05) is 76.9 Å². The number of phenols is 2. The van der Waals surface area contributed by atoms with Crippen molar-refractivity contribution in [2.24, 2.45) is 0 Å². The molecule has 0 aliphatic heterocycles. The van der Waals surface area contributed by atoms with Gasteiger partial charge in [0.25, 0.3) is 0 Å². The van der Waals surface area contributed by atoms with Crippen LogP contribution in [0, 0.1) is 13.8 Å². The SMILES string of the molecule is Cc1cc(C(c2ccsc2)c2cc(C)cc(C(C)(C)C)c2O)c(O)c(C(C)(C)C)c1.[Cl][Ti][Cl]. The van der Waals surface area contributed by atoms with Crippen LogP contribution in [0.25, 0.3) is 0 Å². The third kappa shape index (κ3) is 6.80. The first-order valence-corrected chi connectivity index (χ1v) is 16.1. The monoisotopic (exact) mass is 540 g/mol. The summed E-state index contributed by atoms with van der Waals surface area (Å²) in [6.45, 7) is 16.8. The average Bonchev–Trinajstić information content (AvgIpc) is 3.20. The quantitative estimate of drug-likeness (QED) is 0.325. The Balaban J connectivity index is 0.00000122. The van der Waals surface area contributed by atoms with Crippen molar-refractivity contribution in [3.05, 3.63) is 80.0 Å². The number of rotatable bonds is 3. The predicted molar refractivity (Wildman–Crippen MR) is 140 cm³/mol. The minimum atomic E-state index is -0.556. The van der Waals surface area contributed by atoms with E-state index in [1.807, 2.05) is 0 Å². The molecule has 6 heteroatoms. The molecule has 0 bridgehead atoms. The second kappa shape index (κ2) is 11.2. The maximum absolute atomic E-state index is 11.4. The van der Waals surface area contributed by atoms with E-state index >= 15 is 0 Å². The van der Waals surface area contributed by atoms with Crippen molar-refractivity contribution in [2.45, 2.75) is 72.1 Å². The van der Waals surface area contributed by atoms with Crippen molar-refractivity contribution < 1.29 is 27.2 Å². The summed E-state index contributed by atoms with van der Waals surface area (Å²) in [5.41, 5.74) is 6.48. The number of hydrogen-bond donors (Lipinski definition) is 2. The zero-order valence-electron chi connectivity index (χ0n) is 20.7. The first-order valence-electron chi connectivity index (χ1n) is 10.9. The van der Waals surface area contributed by atoms with Crippen LogP contribution in [-0.4, -0.2) is 10.2 Å². The minimum absolute atomic E-state index is 0.185. The van der Waals surface area contributed by atoms with E-state index in [4.69, 9.17) is 18.6 Å². The van der Waals surface area contributed by atoms with Gasteiger partial charge in [-0.3, -0.25) is 0 Å². The first kappa shape index (κ1) is 28.3. The molecule has 0 atom stereocenters. The summed E-state index contributed by atoms with van der Waals surface area (Å²) >= 11 is 1.08. The Kier molecular flexibility index (Phi) is 9.58. The fourth-order valence-corrected chi connectivity index (χ4v) is 4.85. The molecule has 0 fully saturated rings. The van der Waals surface area contributed by atoms with Gasteiger partial charge in [-0.25, -0.2) is 0 Å². The summed E-state index contributed by atoms with van der Waals surface area (Å²) in [6.07, 6.45) is 0. The predicted octanol–water partition coefficient (Wildman–Crippen LogP) is 8.93. The summed E-state index contributed by atoms with van der Waals surface area (Å²) in [6, 6.07) is 10.4. The van der Waals surface area contributed by atoms with E-state index in [1.54, 1.807) is 11.3 Å². The third-order valence-electron chi connectivity index (χ3n) is 5.68. The fraction of sp³-hybridized carbons (Fsp3) is 0.407. The van der Waals surface area contributed by atoms with Crippen LogP contribution >= 0.6 is 29.9 Å². The molecule has 2 nitrogen and oxygen atoms in total. The van der Waals surface area contributed by atoms with Gasteiger partial charge in [-0.05, 0) is 58.2 Å². The van der Waals surface area contributed by atoms with Crippen LogP contribution in [0.3, 0.4) is 0 Å². The standard InChI is InChI=1S/C27H34O2S.2ClH.Ti/c1-16-11-19(24(28)21(13-16)26(3,4)5)23(18-9-10-30-15-18)20-12-17(2)14-22(25(20)29)27(6,7)8;;;/h9-15,23,28-29H,1-8H3;2*1H;/q;;;+2/p-2. The van der Waals surface area contributed by atoms with E-state index in [2.05, 4.69) is 96.5 Å². The van der Waals surface area contributed by atoms with Gasteiger partial charge in [0.15, 0.2) is 0 Å². The van der Waals surface area contributed by atoms with E-state index in [1.165, 1.54) is 0 Å². The maximum atomic E-state index is 11.4. The number of phenolic OH excluding ortho intramolecular Hbond substituents is 2. The molecule has 0 saturated heterocycles. The number of hydrogen-bond acceptors (Lipinski definition) is 3. The molecule has 33 heavy (non-hydrogen) atoms. The molecule has 0 saturated carbocycles. The Bertz CT molecular complexity index is 1010. The molecule has 0 spiro atoms. The van der Waals surface area contributed by atoms with E-state index in [9.17, 15) is 10.2 Å². The molecule has 3 aromatic rings. The Morgan fingerprint density at radius 3 is 1.48 bits per heavy atom. The number of thiophene rings is 1. The van der Waals surface area contributed by atoms with Crippen molar-refractivity contribution in [3.63, 3.8) is 0 Å². The topological polar surface area (TPSA) is 40.5 Å². The molecule has 178 valence electrons. The van der Waals surface area contributed by atoms with Gasteiger partial charge in [0, 0.05) is 17.0 Å². The number of aryl methyl sites for hydroxylation is 2. The normalized spacial score (nSPS) is 11.8. The summed E-state index contributed by atoms with van der Waals surface area (Å²) in [5, 5.41) is 26.9. The summed E-state index contributed by atoms with van der Waals surface area (Å²) in [4.78, 5) is 0. The van der Waals surface area contributed by atoms with Gasteiger partial charge in [-0.2, -0.15) is 11.3 Å². The Morgan fingerprint density at radius 2 is 1.18 bits per heavy atom. The Morgan fingerprint density at radius 1 is 0.788 bits per heavy atom. The molecule has 0 radical (unpaired) electrons. The van der Waals surface area contributed by atoms with Gasteiger partial charge in [-0.15, -0.1) is 0 Å². The van der Waals surface area contributed by atoms with Crippen LogP contribution in [0.4, 0.5) is 0 Å². The third-order valence-corrected chi connectivity index (χ3v) is 6.38. The van der Waals surface area contributed by atoms with Gasteiger partial charge in [0.05, 0.1) is 0 Å². The van der Waals surface area contributed by atoms with Crippen molar-refractivity contribution in [1.29, 1.82) is 0 Å². The number of benzene rings is 2. The van der Waals surface area contributed by atoms with Crippen molar-refractivity contribution >= 4 is 29.9 Å². The number of halogens is 2. The molecule has 2 N–H and O–H groups in total. The summed E-state index contributed by atoms with van der Waals surface area (Å²) in [7, 11) is 9.78. The van der Waals surface area contributed by atoms with Crippen LogP contribution in [0.5, 0.6) is 11.5 Å². The van der Waals surface area contributed by atoms with Gasteiger partial charge in [0.1, 0.15) is 11.5 Å². The second-order valence-electron chi connectivity index (χ2n) is 10.6. The molecule has 0 unspecified atom stereocenters. The molecule has 0 aliphatic rings. The summed E-state index contributed by atoms with van der Waals surface area (Å²) < 4.78 is 0. The fourth-order valence-electron chi connectivity index (χ4n) is 4.16. The van der Waals surface area contributed by atoms with Crippen LogP contribution in [0.15, 0.2) is 41.1 Å². The van der Waals surface area contributed by atoms with Crippen molar-refractivity contribution in [2.75, 3.05) is 0 Å². The first-order chi connectivity index (χ1) is 15.2. The van der Waals surface area contributed by atoms with Crippen molar-refractivity contribution in [3.8, 4) is 11.5 Å². The second-order valence-corrected chi connectivity index (χ2v) is 13.9. The van der Waals surface area contributed by atoms with E-state index in [0.717, 1.165) is 38.9 Å². The Hall–Kier alpha value is -0.966. The van der Waals surface area contributed by atoms with Gasteiger partial charge >= 0.3 is 35.6 Å². The summed E-state index contributed by atoms with van der Waals surface area (Å²) in [5.74, 6) is 0.406. The average molecular weight is 541 g/mol. The van der Waals surface area contributed by atoms with Gasteiger partial charge in [0.2, 0.25) is 0 Å². The number of aromatic hydroxyl groups is 2. The zero-order chi connectivity index (χ0) is 25.1. The molecule has 3 rings (SSSR count). The van der Waals surface area contributed by atoms with Crippen LogP contribution in [-0.2, 0) is 27.9 Å². The Labute approximate surface area is 219 Å². The van der Waals surface area contributed by atoms with Gasteiger partial charge < -0.3 is 10.2 Å². The molecule has 0 aliphatic carbocycles. The molecule has 1 heterocycles. The molecule has 1 aromatic heterocycles. The zero-order valence-corrected chi connectivity index (χ0v) is 24.6. The molecule has 2 aromatic carbocycles. The van der Waals surface area contributed by atoms with E-state index in [0.29, 0.717) is 11.5 Å². The molecular weight excluding hydrogens is 507 g/mol. The molecule has 0 amide bonds. The van der Waals surface area contributed by atoms with Crippen LogP contribution < -0.4 is 0 Å². The van der Waals surface area contributed by atoms with E-state index < -0.39 is 17.0 Å². The van der Waals surface area contributed by atoms with Crippen LogP contribution in [0.1, 0.15) is 86.4 Å². The molecular formula is C27H34Cl2O2STi.